The lowest BCUT2D eigenvalue weighted by molar-refractivity contribution is -0.131. The van der Waals surface area contributed by atoms with Gasteiger partial charge in [-0.1, -0.05) is 24.3 Å². The van der Waals surface area contributed by atoms with Crippen LogP contribution in [0.3, 0.4) is 0 Å². The smallest absolute Gasteiger partial charge is 0.328 e. The van der Waals surface area contributed by atoms with Gasteiger partial charge in [0.1, 0.15) is 0 Å². The highest BCUT2D eigenvalue weighted by Gasteiger charge is 2.24. The highest BCUT2D eigenvalue weighted by Crippen LogP contribution is 2.25. The molecule has 5 nitrogen and oxygen atoms in total. The van der Waals surface area contributed by atoms with Crippen LogP contribution in [0.4, 0.5) is 4.79 Å². The number of rotatable bonds is 3. The fourth-order valence-corrected chi connectivity index (χ4v) is 2.13. The second-order valence-electron chi connectivity index (χ2n) is 3.69. The third-order valence-electron chi connectivity index (χ3n) is 2.29. The maximum atomic E-state index is 11.3. The van der Waals surface area contributed by atoms with E-state index < -0.39 is 11.9 Å². The molecule has 1 saturated heterocycles. The SMILES string of the molecule is O=C(O)C=Cc1ccc(C=C2SC(=O)NC2=O)cc1. The van der Waals surface area contributed by atoms with E-state index in [-0.39, 0.29) is 5.24 Å². The van der Waals surface area contributed by atoms with Crippen LogP contribution < -0.4 is 5.32 Å². The van der Waals surface area contributed by atoms with Crippen molar-refractivity contribution in [2.45, 2.75) is 0 Å². The average molecular weight is 275 g/mol. The van der Waals surface area contributed by atoms with Crippen molar-refractivity contribution in [1.82, 2.24) is 5.32 Å². The lowest BCUT2D eigenvalue weighted by Gasteiger charge is -1.96. The van der Waals surface area contributed by atoms with E-state index in [9.17, 15) is 14.4 Å². The number of carbonyl (C=O) groups is 3. The summed E-state index contributed by atoms with van der Waals surface area (Å²) < 4.78 is 0. The molecule has 0 atom stereocenters. The molecule has 1 aromatic rings. The molecule has 0 spiro atoms. The minimum absolute atomic E-state index is 0.346. The topological polar surface area (TPSA) is 83.5 Å². The molecule has 0 radical (unpaired) electrons. The number of thioether (sulfide) groups is 1. The second kappa shape index (κ2) is 5.53. The van der Waals surface area contributed by atoms with Crippen LogP contribution in [0.5, 0.6) is 0 Å². The highest BCUT2D eigenvalue weighted by molar-refractivity contribution is 8.18. The molecular formula is C13H9NO4S. The van der Waals surface area contributed by atoms with Crippen LogP contribution in [-0.2, 0) is 9.59 Å². The zero-order chi connectivity index (χ0) is 13.8. The van der Waals surface area contributed by atoms with Crippen LogP contribution in [0.25, 0.3) is 12.2 Å². The molecule has 1 heterocycles. The summed E-state index contributed by atoms with van der Waals surface area (Å²) in [5.74, 6) is -1.41. The van der Waals surface area contributed by atoms with Gasteiger partial charge in [-0.25, -0.2) is 4.79 Å². The number of hydrogen-bond acceptors (Lipinski definition) is 4. The number of benzene rings is 1. The minimum atomic E-state index is -1.01. The molecule has 1 aliphatic heterocycles. The number of carboxylic acids is 1. The molecular weight excluding hydrogens is 266 g/mol. The number of aliphatic carboxylic acids is 1. The van der Waals surface area contributed by atoms with Crippen molar-refractivity contribution < 1.29 is 19.5 Å². The summed E-state index contributed by atoms with van der Waals surface area (Å²) in [5, 5.41) is 10.3. The van der Waals surface area contributed by atoms with E-state index in [2.05, 4.69) is 5.32 Å². The first-order valence-corrected chi connectivity index (χ1v) is 6.12. The van der Waals surface area contributed by atoms with Gasteiger partial charge in [0.15, 0.2) is 0 Å². The molecule has 2 rings (SSSR count). The van der Waals surface area contributed by atoms with Gasteiger partial charge in [0.05, 0.1) is 4.91 Å². The van der Waals surface area contributed by atoms with E-state index in [1.165, 1.54) is 6.08 Å². The molecule has 0 bridgehead atoms. The second-order valence-corrected chi connectivity index (χ2v) is 4.71. The molecule has 0 saturated carbocycles. The third-order valence-corrected chi connectivity index (χ3v) is 3.11. The standard InChI is InChI=1S/C13H9NO4S/c15-11(16)6-5-8-1-3-9(4-2-8)7-10-12(17)14-13(18)19-10/h1-7H,(H,15,16)(H,14,17,18). The molecule has 1 aromatic carbocycles. The molecule has 19 heavy (non-hydrogen) atoms. The average Bonchev–Trinajstić information content (AvgIpc) is 2.67. The quantitative estimate of drug-likeness (QED) is 0.825. The van der Waals surface area contributed by atoms with E-state index in [0.717, 1.165) is 29.0 Å². The van der Waals surface area contributed by atoms with Crippen molar-refractivity contribution in [3.8, 4) is 0 Å². The summed E-state index contributed by atoms with van der Waals surface area (Å²) in [6.07, 6.45) is 4.13. The van der Waals surface area contributed by atoms with E-state index in [4.69, 9.17) is 5.11 Å². The molecule has 0 aliphatic carbocycles. The Morgan fingerprint density at radius 1 is 1.16 bits per heavy atom. The molecule has 2 N–H and O–H groups in total. The van der Waals surface area contributed by atoms with Crippen molar-refractivity contribution in [1.29, 1.82) is 0 Å². The summed E-state index contributed by atoms with van der Waals surface area (Å²) in [6.45, 7) is 0. The maximum absolute atomic E-state index is 11.3. The predicted octanol–water partition coefficient (Wildman–Crippen LogP) is 2.11. The Balaban J connectivity index is 2.15. The van der Waals surface area contributed by atoms with Gasteiger partial charge in [-0.2, -0.15) is 0 Å². The molecule has 0 unspecified atom stereocenters. The van der Waals surface area contributed by atoms with Crippen LogP contribution in [-0.4, -0.2) is 22.2 Å². The van der Waals surface area contributed by atoms with Gasteiger partial charge in [-0.05, 0) is 35.0 Å². The Labute approximate surface area is 113 Å². The van der Waals surface area contributed by atoms with Crippen LogP contribution in [0, 0.1) is 0 Å². The number of hydrogen-bond donors (Lipinski definition) is 2. The molecule has 96 valence electrons. The first-order valence-electron chi connectivity index (χ1n) is 5.30. The normalized spacial score (nSPS) is 17.2. The van der Waals surface area contributed by atoms with E-state index in [1.807, 2.05) is 0 Å². The van der Waals surface area contributed by atoms with E-state index >= 15 is 0 Å². The van der Waals surface area contributed by atoms with Crippen LogP contribution in [0.2, 0.25) is 0 Å². The van der Waals surface area contributed by atoms with Crippen LogP contribution in [0.1, 0.15) is 11.1 Å². The molecule has 1 fully saturated rings. The van der Waals surface area contributed by atoms with Crippen molar-refractivity contribution in [2.24, 2.45) is 0 Å². The summed E-state index contributed by atoms with van der Waals surface area (Å²) in [5.41, 5.74) is 1.50. The first kappa shape index (κ1) is 13.1. The van der Waals surface area contributed by atoms with E-state index in [0.29, 0.717) is 4.91 Å². The van der Waals surface area contributed by atoms with Crippen molar-refractivity contribution in [3.63, 3.8) is 0 Å². The van der Waals surface area contributed by atoms with Gasteiger partial charge in [0.2, 0.25) is 0 Å². The summed E-state index contributed by atoms with van der Waals surface area (Å²) in [6, 6.07) is 6.94. The fraction of sp³-hybridized carbons (Fsp3) is 0. The molecule has 6 heteroatoms. The van der Waals surface area contributed by atoms with Crippen LogP contribution >= 0.6 is 11.8 Å². The number of carboxylic acid groups (broad SMARTS) is 1. The largest absolute Gasteiger partial charge is 0.478 e. The van der Waals surface area contributed by atoms with Crippen molar-refractivity contribution in [2.75, 3.05) is 0 Å². The van der Waals surface area contributed by atoms with Crippen molar-refractivity contribution in [3.05, 3.63) is 46.4 Å². The first-order chi connectivity index (χ1) is 9.04. The molecule has 2 amide bonds. The summed E-state index contributed by atoms with van der Waals surface area (Å²) in [7, 11) is 0. The number of amides is 2. The Morgan fingerprint density at radius 3 is 2.32 bits per heavy atom. The Kier molecular flexibility index (Phi) is 3.82. The van der Waals surface area contributed by atoms with Gasteiger partial charge in [0, 0.05) is 6.08 Å². The minimum Gasteiger partial charge on any atom is -0.478 e. The van der Waals surface area contributed by atoms with E-state index in [1.54, 1.807) is 30.3 Å². The lowest BCUT2D eigenvalue weighted by atomic mass is 10.1. The molecule has 0 aromatic heterocycles. The number of imide groups is 1. The zero-order valence-electron chi connectivity index (χ0n) is 9.62. The number of nitrogens with one attached hydrogen (secondary N) is 1. The zero-order valence-corrected chi connectivity index (χ0v) is 10.4. The Hall–Kier alpha value is -2.34. The summed E-state index contributed by atoms with van der Waals surface area (Å²) >= 11 is 0.857. The third kappa shape index (κ3) is 3.56. The highest BCUT2D eigenvalue weighted by atomic mass is 32.2. The Morgan fingerprint density at radius 2 is 1.79 bits per heavy atom. The van der Waals surface area contributed by atoms with Gasteiger partial charge >= 0.3 is 5.97 Å². The van der Waals surface area contributed by atoms with Gasteiger partial charge in [0.25, 0.3) is 11.1 Å². The molecule has 1 aliphatic rings. The summed E-state index contributed by atoms with van der Waals surface area (Å²) in [4.78, 5) is 33.0. The predicted molar refractivity (Wildman–Crippen MR) is 72.2 cm³/mol. The van der Waals surface area contributed by atoms with Gasteiger partial charge in [-0.15, -0.1) is 0 Å². The van der Waals surface area contributed by atoms with Gasteiger partial charge < -0.3 is 5.11 Å². The maximum Gasteiger partial charge on any atom is 0.328 e. The number of carbonyl (C=O) groups excluding carboxylic acids is 2. The fourth-order valence-electron chi connectivity index (χ4n) is 1.44. The van der Waals surface area contributed by atoms with Crippen LogP contribution in [0.15, 0.2) is 35.2 Å². The monoisotopic (exact) mass is 275 g/mol. The van der Waals surface area contributed by atoms with Crippen molar-refractivity contribution >= 4 is 41.0 Å². The Bertz CT molecular complexity index is 602. The van der Waals surface area contributed by atoms with Gasteiger partial charge in [-0.3, -0.25) is 14.9 Å². The lowest BCUT2D eigenvalue weighted by Crippen LogP contribution is -2.17.